The Hall–Kier alpha value is -2.48. The van der Waals surface area contributed by atoms with Gasteiger partial charge in [0.2, 0.25) is 5.76 Å². The number of hydrogen-bond acceptors (Lipinski definition) is 6. The number of amides is 1. The van der Waals surface area contributed by atoms with Gasteiger partial charge in [-0.1, -0.05) is 50.7 Å². The fourth-order valence-electron chi connectivity index (χ4n) is 6.62. The number of aromatic carboxylic acids is 1. The largest absolute Gasteiger partial charge is 0.478 e. The molecular weight excluding hydrogens is 500 g/mol. The number of ether oxygens (including phenoxy) is 1. The van der Waals surface area contributed by atoms with Crippen LogP contribution in [0.4, 0.5) is 0 Å². The Kier molecular flexibility index (Phi) is 8.97. The van der Waals surface area contributed by atoms with Gasteiger partial charge >= 0.3 is 5.97 Å². The zero-order valence-corrected chi connectivity index (χ0v) is 23.1. The van der Waals surface area contributed by atoms with Gasteiger partial charge in [-0.15, -0.1) is 11.8 Å². The van der Waals surface area contributed by atoms with Gasteiger partial charge in [-0.05, 0) is 79.6 Å². The highest BCUT2D eigenvalue weighted by Gasteiger charge is 2.36. The van der Waals surface area contributed by atoms with Gasteiger partial charge in [0, 0.05) is 17.7 Å². The Balaban J connectivity index is 1.24. The molecule has 8 heteroatoms. The molecule has 2 aromatic rings. The third-order valence-corrected chi connectivity index (χ3v) is 10.1. The first kappa shape index (κ1) is 27.1. The summed E-state index contributed by atoms with van der Waals surface area (Å²) in [6.45, 7) is 2.50. The Bertz CT molecular complexity index is 1080. The van der Waals surface area contributed by atoms with Crippen LogP contribution in [0.15, 0.2) is 33.7 Å². The molecule has 0 aliphatic heterocycles. The summed E-state index contributed by atoms with van der Waals surface area (Å²) < 4.78 is 11.7. The second kappa shape index (κ2) is 12.6. The van der Waals surface area contributed by atoms with Crippen LogP contribution in [0.25, 0.3) is 0 Å². The normalized spacial score (nSPS) is 24.5. The molecule has 3 aliphatic rings. The molecule has 3 unspecified atom stereocenters. The maximum atomic E-state index is 13.4. The van der Waals surface area contributed by atoms with E-state index in [4.69, 9.17) is 14.4 Å². The first-order valence-electron chi connectivity index (χ1n) is 14.4. The van der Waals surface area contributed by atoms with Gasteiger partial charge in [-0.25, -0.2) is 4.79 Å². The first-order chi connectivity index (χ1) is 18.5. The molecule has 3 saturated carbocycles. The van der Waals surface area contributed by atoms with Crippen molar-refractivity contribution < 1.29 is 24.0 Å². The lowest BCUT2D eigenvalue weighted by molar-refractivity contribution is 0.0696. The summed E-state index contributed by atoms with van der Waals surface area (Å²) in [7, 11) is 0. The monoisotopic (exact) mass is 540 g/mol. The molecule has 7 nitrogen and oxygen atoms in total. The SMILES string of the molecule is CC(NC(=O)c1onc(OCCc2ccc(C(=O)O)cc2)c1SC1CCCCC1)C1CC2CCCC(C2)C1. The van der Waals surface area contributed by atoms with E-state index in [1.807, 2.05) is 0 Å². The molecule has 0 radical (unpaired) electrons. The van der Waals surface area contributed by atoms with Gasteiger partial charge in [0.25, 0.3) is 11.8 Å². The van der Waals surface area contributed by atoms with Crippen molar-refractivity contribution in [2.24, 2.45) is 17.8 Å². The number of carboxylic acid groups (broad SMARTS) is 1. The van der Waals surface area contributed by atoms with Crippen molar-refractivity contribution in [3.05, 3.63) is 41.2 Å². The molecule has 38 heavy (non-hydrogen) atoms. The topological polar surface area (TPSA) is 102 Å². The van der Waals surface area contributed by atoms with Gasteiger partial charge in [-0.2, -0.15) is 0 Å². The number of fused-ring (bicyclic) bond motifs is 2. The summed E-state index contributed by atoms with van der Waals surface area (Å²) >= 11 is 1.67. The molecule has 1 amide bonds. The molecule has 1 heterocycles. The number of carbonyl (C=O) groups is 2. The van der Waals surface area contributed by atoms with Crippen molar-refractivity contribution >= 4 is 23.6 Å². The molecule has 2 N–H and O–H groups in total. The number of nitrogens with zero attached hydrogens (tertiary/aromatic N) is 1. The molecule has 2 bridgehead atoms. The van der Waals surface area contributed by atoms with Gasteiger partial charge in [-0.3, -0.25) is 4.79 Å². The van der Waals surface area contributed by atoms with Crippen LogP contribution in [0.5, 0.6) is 5.88 Å². The zero-order valence-electron chi connectivity index (χ0n) is 22.3. The number of carbonyl (C=O) groups excluding carboxylic acids is 1. The van der Waals surface area contributed by atoms with E-state index < -0.39 is 5.97 Å². The summed E-state index contributed by atoms with van der Waals surface area (Å²) in [6, 6.07) is 6.89. The average molecular weight is 541 g/mol. The lowest BCUT2D eigenvalue weighted by atomic mass is 9.66. The lowest BCUT2D eigenvalue weighted by Crippen LogP contribution is -2.42. The van der Waals surface area contributed by atoms with E-state index in [0.29, 0.717) is 35.0 Å². The Morgan fingerprint density at radius 3 is 2.45 bits per heavy atom. The van der Waals surface area contributed by atoms with Crippen molar-refractivity contribution in [1.29, 1.82) is 0 Å². The zero-order chi connectivity index (χ0) is 26.5. The predicted octanol–water partition coefficient (Wildman–Crippen LogP) is 6.75. The molecule has 1 aromatic carbocycles. The molecule has 3 aliphatic carbocycles. The van der Waals surface area contributed by atoms with Crippen LogP contribution in [0, 0.1) is 17.8 Å². The van der Waals surface area contributed by atoms with E-state index in [9.17, 15) is 9.59 Å². The molecule has 1 aromatic heterocycles. The Morgan fingerprint density at radius 2 is 1.76 bits per heavy atom. The number of thioether (sulfide) groups is 1. The van der Waals surface area contributed by atoms with Crippen LogP contribution in [0.3, 0.4) is 0 Å². The minimum absolute atomic E-state index is 0.0988. The first-order valence-corrected chi connectivity index (χ1v) is 15.3. The van der Waals surface area contributed by atoms with E-state index >= 15 is 0 Å². The maximum Gasteiger partial charge on any atom is 0.335 e. The van der Waals surface area contributed by atoms with Crippen molar-refractivity contribution in [2.45, 2.75) is 100 Å². The predicted molar refractivity (Wildman–Crippen MR) is 147 cm³/mol. The van der Waals surface area contributed by atoms with Crippen LogP contribution < -0.4 is 10.1 Å². The molecule has 5 rings (SSSR count). The third kappa shape index (κ3) is 6.74. The van der Waals surface area contributed by atoms with E-state index in [1.54, 1.807) is 36.0 Å². The number of hydrogen-bond donors (Lipinski definition) is 2. The summed E-state index contributed by atoms with van der Waals surface area (Å²) in [6.07, 6.45) is 14.3. The highest BCUT2D eigenvalue weighted by atomic mass is 32.2. The summed E-state index contributed by atoms with van der Waals surface area (Å²) in [4.78, 5) is 25.2. The van der Waals surface area contributed by atoms with E-state index in [-0.39, 0.29) is 23.3 Å². The second-order valence-electron chi connectivity index (χ2n) is 11.5. The quantitative estimate of drug-likeness (QED) is 0.343. The molecular formula is C30H40N2O5S. The van der Waals surface area contributed by atoms with E-state index in [0.717, 1.165) is 30.2 Å². The number of carboxylic acids is 1. The highest BCUT2D eigenvalue weighted by molar-refractivity contribution is 8.00. The molecule has 0 saturated heterocycles. The number of rotatable bonds is 10. The fraction of sp³-hybridized carbons (Fsp3) is 0.633. The fourth-order valence-corrected chi connectivity index (χ4v) is 7.95. The molecule has 3 fully saturated rings. The minimum atomic E-state index is -0.939. The minimum Gasteiger partial charge on any atom is -0.478 e. The van der Waals surface area contributed by atoms with Crippen LogP contribution in [-0.4, -0.2) is 40.0 Å². The summed E-state index contributed by atoms with van der Waals surface area (Å²) in [5.41, 5.74) is 1.24. The lowest BCUT2D eigenvalue weighted by Gasteiger charge is -2.41. The maximum absolute atomic E-state index is 13.4. The van der Waals surface area contributed by atoms with Gasteiger partial charge in [0.1, 0.15) is 4.90 Å². The van der Waals surface area contributed by atoms with E-state index in [1.165, 1.54) is 57.8 Å². The van der Waals surface area contributed by atoms with Gasteiger partial charge in [0.05, 0.1) is 12.2 Å². The standard InChI is InChI=1S/C30H40N2O5S/c1-19(24-17-21-6-5-7-22(16-21)18-24)31-28(33)26-27(38-25-8-3-2-4-9-25)29(32-37-26)36-15-14-20-10-12-23(13-11-20)30(34)35/h10-13,19,21-22,24-25H,2-9,14-18H2,1H3,(H,31,33)(H,34,35). The van der Waals surface area contributed by atoms with E-state index in [2.05, 4.69) is 17.4 Å². The number of benzene rings is 1. The van der Waals surface area contributed by atoms with Crippen LogP contribution in [0.1, 0.15) is 104 Å². The average Bonchev–Trinajstić information content (AvgIpc) is 3.31. The number of nitrogens with one attached hydrogen (secondary N) is 1. The Labute approximate surface area is 229 Å². The van der Waals surface area contributed by atoms with Crippen molar-refractivity contribution in [2.75, 3.05) is 6.61 Å². The Morgan fingerprint density at radius 1 is 1.05 bits per heavy atom. The molecule has 0 spiro atoms. The van der Waals surface area contributed by atoms with Crippen LogP contribution in [-0.2, 0) is 6.42 Å². The van der Waals surface area contributed by atoms with Crippen molar-refractivity contribution in [3.8, 4) is 5.88 Å². The van der Waals surface area contributed by atoms with Crippen LogP contribution in [0.2, 0.25) is 0 Å². The summed E-state index contributed by atoms with van der Waals surface area (Å²) in [5, 5.41) is 17.0. The number of aromatic nitrogens is 1. The molecule has 3 atom stereocenters. The van der Waals surface area contributed by atoms with Gasteiger partial charge < -0.3 is 19.7 Å². The second-order valence-corrected chi connectivity index (χ2v) is 12.8. The highest BCUT2D eigenvalue weighted by Crippen LogP contribution is 2.44. The van der Waals surface area contributed by atoms with Gasteiger partial charge in [0.15, 0.2) is 0 Å². The van der Waals surface area contributed by atoms with Crippen LogP contribution >= 0.6 is 11.8 Å². The van der Waals surface area contributed by atoms with Crippen molar-refractivity contribution in [1.82, 2.24) is 10.5 Å². The smallest absolute Gasteiger partial charge is 0.335 e. The third-order valence-electron chi connectivity index (χ3n) is 8.72. The van der Waals surface area contributed by atoms with Crippen molar-refractivity contribution in [3.63, 3.8) is 0 Å². The summed E-state index contributed by atoms with van der Waals surface area (Å²) in [5.74, 6) is 1.66. The molecule has 206 valence electrons.